The van der Waals surface area contributed by atoms with Crippen LogP contribution in [0.25, 0.3) is 0 Å². The van der Waals surface area contributed by atoms with Crippen molar-refractivity contribution in [3.63, 3.8) is 0 Å². The van der Waals surface area contributed by atoms with Crippen LogP contribution < -0.4 is 5.32 Å². The van der Waals surface area contributed by atoms with Crippen molar-refractivity contribution in [3.8, 4) is 5.75 Å². The van der Waals surface area contributed by atoms with Gasteiger partial charge in [-0.3, -0.25) is 0 Å². The Bertz CT molecular complexity index is 350. The van der Waals surface area contributed by atoms with Crippen LogP contribution in [0.1, 0.15) is 57.9 Å². The van der Waals surface area contributed by atoms with Gasteiger partial charge in [0.25, 0.3) is 0 Å². The van der Waals surface area contributed by atoms with E-state index in [2.05, 4.69) is 33.1 Å². The molecule has 0 unspecified atom stereocenters. The SMILES string of the molecule is CC(C)c1ccc(O)cc1.CNCC1CCC(C)CC1. The smallest absolute Gasteiger partial charge is 0.115 e. The second kappa shape index (κ2) is 9.02. The van der Waals surface area contributed by atoms with Gasteiger partial charge in [-0.05, 0) is 61.9 Å². The summed E-state index contributed by atoms with van der Waals surface area (Å²) in [7, 11) is 2.05. The zero-order chi connectivity index (χ0) is 15.0. The summed E-state index contributed by atoms with van der Waals surface area (Å²) in [4.78, 5) is 0. The van der Waals surface area contributed by atoms with Crippen LogP contribution >= 0.6 is 0 Å². The highest BCUT2D eigenvalue weighted by Crippen LogP contribution is 2.27. The molecular formula is C18H31NO. The molecule has 2 N–H and O–H groups in total. The Hall–Kier alpha value is -1.02. The fourth-order valence-corrected chi connectivity index (χ4v) is 2.68. The van der Waals surface area contributed by atoms with E-state index in [1.54, 1.807) is 12.1 Å². The molecule has 0 aromatic heterocycles. The lowest BCUT2D eigenvalue weighted by atomic mass is 9.83. The molecule has 0 radical (unpaired) electrons. The molecule has 20 heavy (non-hydrogen) atoms. The lowest BCUT2D eigenvalue weighted by Gasteiger charge is -2.25. The topological polar surface area (TPSA) is 32.3 Å². The molecule has 0 amide bonds. The average Bonchev–Trinajstić information content (AvgIpc) is 2.43. The third-order valence-electron chi connectivity index (χ3n) is 4.19. The Balaban J connectivity index is 0.000000200. The lowest BCUT2D eigenvalue weighted by Crippen LogP contribution is -2.22. The molecule has 1 saturated carbocycles. The van der Waals surface area contributed by atoms with E-state index in [4.69, 9.17) is 5.11 Å². The van der Waals surface area contributed by atoms with Gasteiger partial charge in [-0.1, -0.05) is 45.7 Å². The third kappa shape index (κ3) is 6.42. The molecule has 0 bridgehead atoms. The van der Waals surface area contributed by atoms with Crippen LogP contribution in [0.2, 0.25) is 0 Å². The second-order valence-corrected chi connectivity index (χ2v) is 6.43. The standard InChI is InChI=1S/C9H19N.C9H12O/c1-8-3-5-9(6-4-8)7-10-2;1-7(2)8-3-5-9(10)6-4-8/h8-10H,3-7H2,1-2H3;3-7,10H,1-2H3. The van der Waals surface area contributed by atoms with E-state index in [0.29, 0.717) is 11.7 Å². The highest BCUT2D eigenvalue weighted by atomic mass is 16.3. The van der Waals surface area contributed by atoms with Gasteiger partial charge in [0, 0.05) is 0 Å². The highest BCUT2D eigenvalue weighted by molar-refractivity contribution is 5.27. The van der Waals surface area contributed by atoms with Gasteiger partial charge in [-0.25, -0.2) is 0 Å². The third-order valence-corrected chi connectivity index (χ3v) is 4.19. The van der Waals surface area contributed by atoms with Crippen molar-refractivity contribution in [1.29, 1.82) is 0 Å². The molecule has 0 aliphatic heterocycles. The summed E-state index contributed by atoms with van der Waals surface area (Å²) in [6.07, 6.45) is 5.79. The Labute approximate surface area is 124 Å². The van der Waals surface area contributed by atoms with E-state index in [-0.39, 0.29) is 0 Å². The summed E-state index contributed by atoms with van der Waals surface area (Å²) in [6, 6.07) is 7.32. The van der Waals surface area contributed by atoms with Crippen molar-refractivity contribution in [2.45, 2.75) is 52.4 Å². The maximum Gasteiger partial charge on any atom is 0.115 e. The fraction of sp³-hybridized carbons (Fsp3) is 0.667. The van der Waals surface area contributed by atoms with Gasteiger partial charge in [0.05, 0.1) is 0 Å². The molecule has 1 aliphatic rings. The Kier molecular flexibility index (Phi) is 7.68. The second-order valence-electron chi connectivity index (χ2n) is 6.43. The molecule has 1 aromatic carbocycles. The lowest BCUT2D eigenvalue weighted by molar-refractivity contribution is 0.286. The summed E-state index contributed by atoms with van der Waals surface area (Å²) in [5.74, 6) is 2.85. The predicted octanol–water partition coefficient (Wildman–Crippen LogP) is 4.55. The van der Waals surface area contributed by atoms with Crippen LogP contribution in [-0.2, 0) is 0 Å². The number of phenolic OH excluding ortho intramolecular Hbond substituents is 1. The molecule has 2 rings (SSSR count). The van der Waals surface area contributed by atoms with Crippen molar-refractivity contribution in [3.05, 3.63) is 29.8 Å². The minimum Gasteiger partial charge on any atom is -0.508 e. The molecule has 1 fully saturated rings. The van der Waals surface area contributed by atoms with Gasteiger partial charge in [0.1, 0.15) is 5.75 Å². The number of aromatic hydroxyl groups is 1. The van der Waals surface area contributed by atoms with Gasteiger partial charge in [0.15, 0.2) is 0 Å². The Morgan fingerprint density at radius 1 is 1.10 bits per heavy atom. The number of hydrogen-bond donors (Lipinski definition) is 2. The summed E-state index contributed by atoms with van der Waals surface area (Å²) in [5, 5.41) is 12.2. The zero-order valence-electron chi connectivity index (χ0n) is 13.5. The first-order chi connectivity index (χ1) is 9.52. The molecule has 0 atom stereocenters. The first-order valence-corrected chi connectivity index (χ1v) is 7.96. The highest BCUT2D eigenvalue weighted by Gasteiger charge is 2.16. The number of benzene rings is 1. The van der Waals surface area contributed by atoms with Gasteiger partial charge >= 0.3 is 0 Å². The molecule has 2 nitrogen and oxygen atoms in total. The van der Waals surface area contributed by atoms with Crippen LogP contribution in [0.5, 0.6) is 5.75 Å². The monoisotopic (exact) mass is 277 g/mol. The van der Waals surface area contributed by atoms with Crippen LogP contribution in [0.3, 0.4) is 0 Å². The van der Waals surface area contributed by atoms with E-state index < -0.39 is 0 Å². The minimum absolute atomic E-state index is 0.337. The normalized spacial score (nSPS) is 22.2. The molecule has 114 valence electrons. The molecule has 2 heteroatoms. The van der Waals surface area contributed by atoms with E-state index >= 15 is 0 Å². The van der Waals surface area contributed by atoms with Crippen molar-refractivity contribution >= 4 is 0 Å². The van der Waals surface area contributed by atoms with E-state index in [1.165, 1.54) is 37.8 Å². The summed E-state index contributed by atoms with van der Waals surface area (Å²) >= 11 is 0. The molecule has 0 spiro atoms. The van der Waals surface area contributed by atoms with Gasteiger partial charge in [-0.15, -0.1) is 0 Å². The van der Waals surface area contributed by atoms with Crippen LogP contribution in [0.15, 0.2) is 24.3 Å². The molecule has 0 heterocycles. The number of hydrogen-bond acceptors (Lipinski definition) is 2. The number of phenols is 1. The van der Waals surface area contributed by atoms with Crippen LogP contribution in [-0.4, -0.2) is 18.7 Å². The van der Waals surface area contributed by atoms with Gasteiger partial charge in [-0.2, -0.15) is 0 Å². The summed E-state index contributed by atoms with van der Waals surface area (Å²) < 4.78 is 0. The molecule has 0 saturated heterocycles. The van der Waals surface area contributed by atoms with Gasteiger partial charge < -0.3 is 10.4 Å². The quantitative estimate of drug-likeness (QED) is 0.849. The van der Waals surface area contributed by atoms with Crippen molar-refractivity contribution in [2.75, 3.05) is 13.6 Å². The molecular weight excluding hydrogens is 246 g/mol. The maximum absolute atomic E-state index is 8.94. The van der Waals surface area contributed by atoms with E-state index in [0.717, 1.165) is 11.8 Å². The Morgan fingerprint density at radius 2 is 1.65 bits per heavy atom. The molecule has 1 aliphatic carbocycles. The minimum atomic E-state index is 0.337. The largest absolute Gasteiger partial charge is 0.508 e. The zero-order valence-corrected chi connectivity index (χ0v) is 13.5. The molecule has 1 aromatic rings. The van der Waals surface area contributed by atoms with Gasteiger partial charge in [0.2, 0.25) is 0 Å². The first-order valence-electron chi connectivity index (χ1n) is 7.96. The summed E-state index contributed by atoms with van der Waals surface area (Å²) in [6.45, 7) is 7.86. The van der Waals surface area contributed by atoms with Crippen LogP contribution in [0, 0.1) is 11.8 Å². The maximum atomic E-state index is 8.94. The Morgan fingerprint density at radius 3 is 2.10 bits per heavy atom. The van der Waals surface area contributed by atoms with Crippen molar-refractivity contribution in [1.82, 2.24) is 5.32 Å². The predicted molar refractivity (Wildman–Crippen MR) is 87.2 cm³/mol. The van der Waals surface area contributed by atoms with Crippen LogP contribution in [0.4, 0.5) is 0 Å². The van der Waals surface area contributed by atoms with E-state index in [9.17, 15) is 0 Å². The average molecular weight is 277 g/mol. The van der Waals surface area contributed by atoms with E-state index in [1.807, 2.05) is 12.1 Å². The number of rotatable bonds is 3. The number of nitrogens with one attached hydrogen (secondary N) is 1. The van der Waals surface area contributed by atoms with Crippen molar-refractivity contribution in [2.24, 2.45) is 11.8 Å². The van der Waals surface area contributed by atoms with Crippen molar-refractivity contribution < 1.29 is 5.11 Å². The fourth-order valence-electron chi connectivity index (χ4n) is 2.68. The first kappa shape index (κ1) is 17.0. The summed E-state index contributed by atoms with van der Waals surface area (Å²) in [5.41, 5.74) is 1.26.